The fourth-order valence-electron chi connectivity index (χ4n) is 6.75. The highest BCUT2D eigenvalue weighted by molar-refractivity contribution is 7.99. The highest BCUT2D eigenvalue weighted by atomic mass is 32.2. The van der Waals surface area contributed by atoms with E-state index in [1.807, 2.05) is 0 Å². The summed E-state index contributed by atoms with van der Waals surface area (Å²) in [5, 5.41) is 4.11. The van der Waals surface area contributed by atoms with E-state index >= 15 is 0 Å². The van der Waals surface area contributed by atoms with Crippen LogP contribution in [0, 0.1) is 22.7 Å². The van der Waals surface area contributed by atoms with Gasteiger partial charge in [0.05, 0.1) is 0 Å². The Kier molecular flexibility index (Phi) is 2.85. The van der Waals surface area contributed by atoms with Crippen LogP contribution in [0.25, 0.3) is 0 Å². The van der Waals surface area contributed by atoms with Crippen molar-refractivity contribution in [1.82, 2.24) is 5.32 Å². The second-order valence-electron chi connectivity index (χ2n) is 9.02. The van der Waals surface area contributed by atoms with E-state index in [-0.39, 0.29) is 0 Å². The summed E-state index contributed by atoms with van der Waals surface area (Å²) in [6.45, 7) is 6.46. The standard InChI is InChI=1S/C17H29NS/c1-15-5-14-6-16(2,10-15)12-17(7-14,11-15)18-8-13-3-4-19-9-13/h13-14,18H,3-12H2,1-2H3. The van der Waals surface area contributed by atoms with E-state index in [1.54, 1.807) is 0 Å². The van der Waals surface area contributed by atoms with Crippen molar-refractivity contribution in [2.45, 2.75) is 64.3 Å². The SMILES string of the molecule is CC12CC3CC(C)(C1)CC(NCC1CCSC1)(C3)C2. The molecule has 3 atom stereocenters. The topological polar surface area (TPSA) is 12.0 Å². The van der Waals surface area contributed by atoms with Crippen LogP contribution < -0.4 is 5.32 Å². The summed E-state index contributed by atoms with van der Waals surface area (Å²) in [5.41, 5.74) is 1.84. The Morgan fingerprint density at radius 3 is 2.37 bits per heavy atom. The fourth-order valence-corrected chi connectivity index (χ4v) is 8.03. The molecule has 3 unspecified atom stereocenters. The van der Waals surface area contributed by atoms with Crippen molar-refractivity contribution in [1.29, 1.82) is 0 Å². The smallest absolute Gasteiger partial charge is 0.0194 e. The summed E-state index contributed by atoms with van der Waals surface area (Å²) in [6, 6.07) is 0. The van der Waals surface area contributed by atoms with Gasteiger partial charge >= 0.3 is 0 Å². The van der Waals surface area contributed by atoms with E-state index in [2.05, 4.69) is 30.9 Å². The minimum Gasteiger partial charge on any atom is -0.311 e. The molecule has 2 heteroatoms. The van der Waals surface area contributed by atoms with Gasteiger partial charge in [0.2, 0.25) is 0 Å². The van der Waals surface area contributed by atoms with E-state index < -0.39 is 0 Å². The molecule has 1 saturated heterocycles. The van der Waals surface area contributed by atoms with E-state index in [9.17, 15) is 0 Å². The Hall–Kier alpha value is 0.310. The van der Waals surface area contributed by atoms with Crippen molar-refractivity contribution in [3.8, 4) is 0 Å². The van der Waals surface area contributed by atoms with Crippen LogP contribution in [-0.2, 0) is 0 Å². The quantitative estimate of drug-likeness (QED) is 0.835. The van der Waals surface area contributed by atoms with Crippen molar-refractivity contribution in [2.75, 3.05) is 18.1 Å². The molecule has 0 aromatic carbocycles. The Morgan fingerprint density at radius 2 is 1.79 bits per heavy atom. The summed E-state index contributed by atoms with van der Waals surface area (Å²) >= 11 is 2.16. The van der Waals surface area contributed by atoms with Crippen molar-refractivity contribution in [3.05, 3.63) is 0 Å². The van der Waals surface area contributed by atoms with Gasteiger partial charge in [0.15, 0.2) is 0 Å². The van der Waals surface area contributed by atoms with E-state index in [0.717, 1.165) is 11.8 Å². The molecule has 0 aromatic rings. The molecule has 4 saturated carbocycles. The van der Waals surface area contributed by atoms with Gasteiger partial charge in [-0.25, -0.2) is 0 Å². The largest absolute Gasteiger partial charge is 0.311 e. The van der Waals surface area contributed by atoms with Gasteiger partial charge in [-0.1, -0.05) is 13.8 Å². The molecule has 0 spiro atoms. The maximum absolute atomic E-state index is 4.11. The zero-order chi connectivity index (χ0) is 13.1. The molecule has 108 valence electrons. The highest BCUT2D eigenvalue weighted by Gasteiger charge is 2.59. The van der Waals surface area contributed by atoms with Gasteiger partial charge in [0.1, 0.15) is 0 Å². The summed E-state index contributed by atoms with van der Waals surface area (Å²) < 4.78 is 0. The Labute approximate surface area is 122 Å². The molecular weight excluding hydrogens is 250 g/mol. The van der Waals surface area contributed by atoms with Gasteiger partial charge in [-0.15, -0.1) is 0 Å². The summed E-state index contributed by atoms with van der Waals surface area (Å²) in [7, 11) is 0. The Balaban J connectivity index is 1.50. The molecule has 1 nitrogen and oxygen atoms in total. The van der Waals surface area contributed by atoms with Crippen LogP contribution in [0.4, 0.5) is 0 Å². The first-order valence-corrected chi connectivity index (χ1v) is 9.47. The zero-order valence-corrected chi connectivity index (χ0v) is 13.5. The number of rotatable bonds is 3. The van der Waals surface area contributed by atoms with E-state index in [0.29, 0.717) is 16.4 Å². The number of hydrogen-bond acceptors (Lipinski definition) is 2. The summed E-state index contributed by atoms with van der Waals surface area (Å²) in [5.74, 6) is 4.79. The lowest BCUT2D eigenvalue weighted by Crippen LogP contribution is -2.64. The lowest BCUT2D eigenvalue weighted by atomic mass is 9.43. The number of thioether (sulfide) groups is 1. The number of hydrogen-bond donors (Lipinski definition) is 1. The maximum atomic E-state index is 4.11. The minimum absolute atomic E-state index is 0.524. The van der Waals surface area contributed by atoms with E-state index in [4.69, 9.17) is 0 Å². The lowest BCUT2D eigenvalue weighted by molar-refractivity contribution is -0.118. The Morgan fingerprint density at radius 1 is 1.05 bits per heavy atom. The van der Waals surface area contributed by atoms with E-state index in [1.165, 1.54) is 63.0 Å². The van der Waals surface area contributed by atoms with Crippen LogP contribution in [0.15, 0.2) is 0 Å². The zero-order valence-electron chi connectivity index (χ0n) is 12.6. The van der Waals surface area contributed by atoms with Crippen molar-refractivity contribution in [3.63, 3.8) is 0 Å². The normalized spacial score (nSPS) is 55.9. The second kappa shape index (κ2) is 4.16. The molecule has 1 heterocycles. The predicted octanol–water partition coefficient (Wildman–Crippen LogP) is 4.08. The third-order valence-electron chi connectivity index (χ3n) is 6.42. The van der Waals surface area contributed by atoms with Crippen molar-refractivity contribution >= 4 is 11.8 Å². The molecule has 4 aliphatic carbocycles. The molecule has 0 aromatic heterocycles. The molecule has 1 N–H and O–H groups in total. The van der Waals surface area contributed by atoms with Crippen LogP contribution in [0.3, 0.4) is 0 Å². The maximum Gasteiger partial charge on any atom is 0.0194 e. The molecule has 5 fully saturated rings. The summed E-state index contributed by atoms with van der Waals surface area (Å²) in [6.07, 6.45) is 10.4. The van der Waals surface area contributed by atoms with Crippen LogP contribution in [0.5, 0.6) is 0 Å². The van der Waals surface area contributed by atoms with Crippen LogP contribution in [0.2, 0.25) is 0 Å². The molecule has 5 rings (SSSR count). The van der Waals surface area contributed by atoms with Crippen LogP contribution in [0.1, 0.15) is 58.8 Å². The highest BCUT2D eigenvalue weighted by Crippen LogP contribution is 2.66. The van der Waals surface area contributed by atoms with Crippen molar-refractivity contribution in [2.24, 2.45) is 22.7 Å². The first-order valence-electron chi connectivity index (χ1n) is 8.31. The number of nitrogens with one attached hydrogen (secondary N) is 1. The van der Waals surface area contributed by atoms with Gasteiger partial charge in [-0.05, 0) is 85.7 Å². The second-order valence-corrected chi connectivity index (χ2v) is 10.2. The van der Waals surface area contributed by atoms with Gasteiger partial charge in [0, 0.05) is 5.54 Å². The first-order chi connectivity index (χ1) is 8.99. The Bertz CT molecular complexity index is 355. The fraction of sp³-hybridized carbons (Fsp3) is 1.00. The van der Waals surface area contributed by atoms with Crippen molar-refractivity contribution < 1.29 is 0 Å². The van der Waals surface area contributed by atoms with Crippen LogP contribution in [-0.4, -0.2) is 23.6 Å². The minimum atomic E-state index is 0.524. The predicted molar refractivity (Wildman–Crippen MR) is 83.6 cm³/mol. The average molecular weight is 279 g/mol. The first kappa shape index (κ1) is 13.0. The van der Waals surface area contributed by atoms with Gasteiger partial charge in [-0.3, -0.25) is 0 Å². The molecule has 4 bridgehead atoms. The summed E-state index contributed by atoms with van der Waals surface area (Å²) in [4.78, 5) is 0. The molecule has 0 radical (unpaired) electrons. The monoisotopic (exact) mass is 279 g/mol. The lowest BCUT2D eigenvalue weighted by Gasteiger charge is -2.65. The molecule has 1 aliphatic heterocycles. The van der Waals surface area contributed by atoms with Gasteiger partial charge in [0.25, 0.3) is 0 Å². The molecular formula is C17H29NS. The average Bonchev–Trinajstić information content (AvgIpc) is 2.73. The third kappa shape index (κ3) is 2.27. The third-order valence-corrected chi connectivity index (χ3v) is 7.65. The molecule has 0 amide bonds. The molecule has 19 heavy (non-hydrogen) atoms. The van der Waals surface area contributed by atoms with Gasteiger partial charge in [-0.2, -0.15) is 11.8 Å². The van der Waals surface area contributed by atoms with Gasteiger partial charge < -0.3 is 5.32 Å². The van der Waals surface area contributed by atoms with Crippen LogP contribution >= 0.6 is 11.8 Å². The molecule has 5 aliphatic rings.